The van der Waals surface area contributed by atoms with Crippen LogP contribution < -0.4 is 0 Å². The Morgan fingerprint density at radius 3 is 1.22 bits per heavy atom. The normalized spacial score (nSPS) is 10.6. The van der Waals surface area contributed by atoms with Gasteiger partial charge in [-0.05, 0) is 165 Å². The van der Waals surface area contributed by atoms with Gasteiger partial charge in [0.05, 0.1) is 0 Å². The van der Waals surface area contributed by atoms with Crippen LogP contribution >= 0.6 is 159 Å². The standard InChI is InChI=1S/C16H4Br10O/c17-7-5(8(18)12(22)15(25)11(7)21)2-1-3-27-4-6-9(19)13(23)16(26)14(24)10(6)20/h2,4H2. The molecule has 144 valence electrons. The lowest BCUT2D eigenvalue weighted by Crippen LogP contribution is -1.95. The lowest BCUT2D eigenvalue weighted by molar-refractivity contribution is 0.263. The molecule has 0 saturated carbocycles. The van der Waals surface area contributed by atoms with Crippen molar-refractivity contribution in [2.45, 2.75) is 13.0 Å². The van der Waals surface area contributed by atoms with Crippen molar-refractivity contribution in [1.82, 2.24) is 0 Å². The van der Waals surface area contributed by atoms with Gasteiger partial charge < -0.3 is 4.74 Å². The Bertz CT molecular complexity index is 916. The highest BCUT2D eigenvalue weighted by Crippen LogP contribution is 2.45. The Kier molecular flexibility index (Phi) is 11.0. The Labute approximate surface area is 241 Å². The molecule has 27 heavy (non-hydrogen) atoms. The maximum atomic E-state index is 5.58. The summed E-state index contributed by atoms with van der Waals surface area (Å²) in [6.45, 7) is 0.328. The molecule has 0 bridgehead atoms. The van der Waals surface area contributed by atoms with Crippen molar-refractivity contribution in [1.29, 1.82) is 0 Å². The smallest absolute Gasteiger partial charge is 0.127 e. The van der Waals surface area contributed by atoms with Crippen molar-refractivity contribution in [3.05, 3.63) is 55.9 Å². The van der Waals surface area contributed by atoms with Gasteiger partial charge in [-0.15, -0.1) is 0 Å². The quantitative estimate of drug-likeness (QED) is 0.169. The molecule has 11 heteroatoms. The minimum atomic E-state index is 0.328. The monoisotopic (exact) mass is 1000 g/mol. The highest BCUT2D eigenvalue weighted by Gasteiger charge is 2.18. The Balaban J connectivity index is 2.18. The Morgan fingerprint density at radius 2 is 0.815 bits per heavy atom. The van der Waals surface area contributed by atoms with Crippen molar-refractivity contribution in [2.75, 3.05) is 0 Å². The molecule has 0 amide bonds. The second kappa shape index (κ2) is 11.5. The summed E-state index contributed by atoms with van der Waals surface area (Å²) in [6, 6.07) is 0. The third kappa shape index (κ3) is 5.89. The van der Waals surface area contributed by atoms with E-state index in [1.54, 1.807) is 0 Å². The summed E-state index contributed by atoms with van der Waals surface area (Å²) in [6.07, 6.45) is 3.30. The predicted molar refractivity (Wildman–Crippen MR) is 146 cm³/mol. The summed E-state index contributed by atoms with van der Waals surface area (Å²) >= 11 is 35.6. The van der Waals surface area contributed by atoms with Crippen molar-refractivity contribution in [2.24, 2.45) is 0 Å². The van der Waals surface area contributed by atoms with E-state index in [1.807, 2.05) is 0 Å². The second-order valence-corrected chi connectivity index (χ2v) is 12.8. The first-order valence-corrected chi connectivity index (χ1v) is 14.6. The zero-order valence-electron chi connectivity index (χ0n) is 12.6. The number of hydrogen-bond donors (Lipinski definition) is 0. The molecule has 2 aromatic carbocycles. The van der Waals surface area contributed by atoms with Gasteiger partial charge >= 0.3 is 0 Å². The first kappa shape index (κ1) is 25.9. The fourth-order valence-electron chi connectivity index (χ4n) is 1.87. The average molecular weight is 1010 g/mol. The average Bonchev–Trinajstić information content (AvgIpc) is 2.66. The third-order valence-electron chi connectivity index (χ3n) is 3.23. The number of benzene rings is 2. The van der Waals surface area contributed by atoms with Crippen molar-refractivity contribution in [3.63, 3.8) is 0 Å². The molecule has 0 unspecified atom stereocenters. The number of rotatable bonds is 3. The highest BCUT2D eigenvalue weighted by molar-refractivity contribution is 9.16. The molecule has 0 atom stereocenters. The molecule has 0 spiro atoms. The van der Waals surface area contributed by atoms with E-state index in [0.29, 0.717) is 13.0 Å². The van der Waals surface area contributed by atoms with Crippen LogP contribution in [0.15, 0.2) is 44.7 Å². The van der Waals surface area contributed by atoms with Crippen LogP contribution in [0.25, 0.3) is 0 Å². The molecule has 2 aromatic rings. The highest BCUT2D eigenvalue weighted by atomic mass is 79.9. The van der Waals surface area contributed by atoms with E-state index in [-0.39, 0.29) is 0 Å². The molecular formula is C16H4Br10O. The number of hydrogen-bond acceptors (Lipinski definition) is 1. The zero-order chi connectivity index (χ0) is 20.5. The summed E-state index contributed by atoms with van der Waals surface area (Å²) in [5.74, 6) is 3.05. The summed E-state index contributed by atoms with van der Waals surface area (Å²) in [4.78, 5) is 0. The van der Waals surface area contributed by atoms with Crippen LogP contribution in [0.4, 0.5) is 0 Å². The maximum Gasteiger partial charge on any atom is 0.127 e. The SMILES string of the molecule is Brc1c(Br)c(Br)c(CC#COCc2c(Br)c(Br)c(Br)c(Br)c2Br)c(Br)c1Br. The van der Waals surface area contributed by atoms with Crippen LogP contribution in [0.3, 0.4) is 0 Å². The van der Waals surface area contributed by atoms with Crippen molar-refractivity contribution >= 4 is 159 Å². The van der Waals surface area contributed by atoms with E-state index in [0.717, 1.165) is 55.9 Å². The van der Waals surface area contributed by atoms with Crippen LogP contribution in [0.1, 0.15) is 11.1 Å². The summed E-state index contributed by atoms with van der Waals surface area (Å²) in [5.41, 5.74) is 1.97. The van der Waals surface area contributed by atoms with Crippen molar-refractivity contribution < 1.29 is 4.74 Å². The molecule has 0 aliphatic rings. The summed E-state index contributed by atoms with van der Waals surface area (Å²) in [7, 11) is 0. The Morgan fingerprint density at radius 1 is 0.481 bits per heavy atom. The maximum absolute atomic E-state index is 5.58. The molecule has 0 heterocycles. The summed E-state index contributed by atoms with van der Waals surface area (Å²) in [5, 5.41) is 0. The molecule has 1 nitrogen and oxygen atoms in total. The predicted octanol–water partition coefficient (Wildman–Crippen LogP) is 11.0. The van der Waals surface area contributed by atoms with Gasteiger partial charge in [-0.1, -0.05) is 5.92 Å². The van der Waals surface area contributed by atoms with Crippen LogP contribution in [0, 0.1) is 12.0 Å². The van der Waals surface area contributed by atoms with E-state index in [2.05, 4.69) is 171 Å². The Hall–Kier alpha value is 2.60. The van der Waals surface area contributed by atoms with E-state index < -0.39 is 0 Å². The lowest BCUT2D eigenvalue weighted by Gasteiger charge is -2.12. The molecule has 0 radical (unpaired) electrons. The minimum Gasteiger partial charge on any atom is -0.442 e. The van der Waals surface area contributed by atoms with Gasteiger partial charge in [-0.25, -0.2) is 0 Å². The van der Waals surface area contributed by atoms with E-state index in [1.165, 1.54) is 0 Å². The molecule has 0 N–H and O–H groups in total. The van der Waals surface area contributed by atoms with Crippen LogP contribution in [-0.4, -0.2) is 0 Å². The molecule has 0 aromatic heterocycles. The first-order chi connectivity index (χ1) is 12.6. The van der Waals surface area contributed by atoms with E-state index in [4.69, 9.17) is 4.74 Å². The molecule has 0 aliphatic heterocycles. The van der Waals surface area contributed by atoms with Gasteiger partial charge in [0.1, 0.15) is 12.7 Å². The van der Waals surface area contributed by atoms with E-state index in [9.17, 15) is 0 Å². The van der Waals surface area contributed by atoms with E-state index >= 15 is 0 Å². The van der Waals surface area contributed by atoms with Gasteiger partial charge in [0.15, 0.2) is 0 Å². The van der Waals surface area contributed by atoms with Gasteiger partial charge in [-0.2, -0.15) is 0 Å². The fourth-order valence-corrected chi connectivity index (χ4v) is 8.63. The number of halogens is 10. The van der Waals surface area contributed by atoms with Gasteiger partial charge in [0, 0.05) is 56.7 Å². The van der Waals surface area contributed by atoms with Crippen LogP contribution in [0.5, 0.6) is 0 Å². The van der Waals surface area contributed by atoms with Gasteiger partial charge in [0.2, 0.25) is 0 Å². The fraction of sp³-hybridized carbons (Fsp3) is 0.125. The largest absolute Gasteiger partial charge is 0.442 e. The van der Waals surface area contributed by atoms with Gasteiger partial charge in [0.25, 0.3) is 0 Å². The van der Waals surface area contributed by atoms with Gasteiger partial charge in [-0.3, -0.25) is 0 Å². The van der Waals surface area contributed by atoms with Crippen LogP contribution in [0.2, 0.25) is 0 Å². The third-order valence-corrected chi connectivity index (χ3v) is 15.7. The first-order valence-electron chi connectivity index (χ1n) is 6.69. The molecule has 0 fully saturated rings. The zero-order valence-corrected chi connectivity index (χ0v) is 28.5. The molecule has 0 aliphatic carbocycles. The molecular weight excluding hydrogens is 1010 g/mol. The lowest BCUT2D eigenvalue weighted by atomic mass is 10.2. The number of ether oxygens (including phenoxy) is 1. The topological polar surface area (TPSA) is 9.23 Å². The van der Waals surface area contributed by atoms with Crippen molar-refractivity contribution in [3.8, 4) is 12.0 Å². The van der Waals surface area contributed by atoms with Crippen LogP contribution in [-0.2, 0) is 17.8 Å². The minimum absolute atomic E-state index is 0.328. The molecule has 0 saturated heterocycles. The second-order valence-electron chi connectivity index (χ2n) is 4.84. The molecule has 2 rings (SSSR count). The summed E-state index contributed by atoms with van der Waals surface area (Å²) < 4.78 is 14.7.